The molecule has 2 nitrogen and oxygen atoms in total. The van der Waals surface area contributed by atoms with E-state index < -0.39 is 0 Å². The van der Waals surface area contributed by atoms with Crippen molar-refractivity contribution in [3.8, 4) is 11.3 Å². The minimum absolute atomic E-state index is 0.911. The van der Waals surface area contributed by atoms with Crippen molar-refractivity contribution in [2.24, 2.45) is 0 Å². The zero-order valence-corrected chi connectivity index (χ0v) is 8.47. The number of halogens is 1. The molecule has 0 radical (unpaired) electrons. The second-order valence-corrected chi connectivity index (χ2v) is 4.36. The van der Waals surface area contributed by atoms with Crippen molar-refractivity contribution < 1.29 is 0 Å². The van der Waals surface area contributed by atoms with E-state index >= 15 is 0 Å². The summed E-state index contributed by atoms with van der Waals surface area (Å²) in [4.78, 5) is 8.23. The summed E-state index contributed by atoms with van der Waals surface area (Å²) >= 11 is 4.91. The Morgan fingerprint density at radius 3 is 2.58 bits per heavy atom. The van der Waals surface area contributed by atoms with E-state index in [0.29, 0.717) is 0 Å². The molecule has 2 aromatic heterocycles. The molecule has 0 atom stereocenters. The lowest BCUT2D eigenvalue weighted by Crippen LogP contribution is -1.76. The minimum atomic E-state index is 0.911. The molecular formula is C8H5BrN2S. The van der Waals surface area contributed by atoms with Crippen LogP contribution in [0.5, 0.6) is 0 Å². The number of rotatable bonds is 1. The van der Waals surface area contributed by atoms with Gasteiger partial charge >= 0.3 is 0 Å². The first-order valence-electron chi connectivity index (χ1n) is 3.38. The summed E-state index contributed by atoms with van der Waals surface area (Å²) < 4.78 is 0.911. The smallest absolute Gasteiger partial charge is 0.159 e. The molecule has 60 valence electrons. The highest BCUT2D eigenvalue weighted by Crippen LogP contribution is 2.23. The third-order valence-electron chi connectivity index (χ3n) is 1.45. The Balaban J connectivity index is 2.45. The Kier molecular flexibility index (Phi) is 2.19. The molecule has 0 unspecified atom stereocenters. The van der Waals surface area contributed by atoms with Gasteiger partial charge in [-0.25, -0.2) is 4.98 Å². The fraction of sp³-hybridized carbons (Fsp3) is 0. The number of pyridine rings is 1. The predicted octanol–water partition coefficient (Wildman–Crippen LogP) is 2.97. The van der Waals surface area contributed by atoms with E-state index in [1.54, 1.807) is 23.7 Å². The molecule has 0 aliphatic carbocycles. The summed E-state index contributed by atoms with van der Waals surface area (Å²) in [6.07, 6.45) is 3.53. The molecule has 0 N–H and O–H groups in total. The van der Waals surface area contributed by atoms with Gasteiger partial charge in [-0.1, -0.05) is 0 Å². The van der Waals surface area contributed by atoms with Gasteiger partial charge in [0.2, 0.25) is 0 Å². The van der Waals surface area contributed by atoms with E-state index in [2.05, 4.69) is 25.9 Å². The molecule has 0 spiro atoms. The molecule has 0 aliphatic rings. The maximum absolute atomic E-state index is 4.29. The van der Waals surface area contributed by atoms with Gasteiger partial charge in [0.15, 0.2) is 3.92 Å². The van der Waals surface area contributed by atoms with E-state index in [4.69, 9.17) is 0 Å². The van der Waals surface area contributed by atoms with Crippen molar-refractivity contribution >= 4 is 27.3 Å². The number of hydrogen-bond donors (Lipinski definition) is 0. The molecule has 0 bridgehead atoms. The highest BCUT2D eigenvalue weighted by molar-refractivity contribution is 9.11. The van der Waals surface area contributed by atoms with Crippen LogP contribution in [0.4, 0.5) is 0 Å². The zero-order chi connectivity index (χ0) is 8.39. The molecule has 0 aliphatic heterocycles. The van der Waals surface area contributed by atoms with Gasteiger partial charge in [-0.2, -0.15) is 0 Å². The molecule has 0 saturated heterocycles. The Hall–Kier alpha value is -0.740. The van der Waals surface area contributed by atoms with Crippen LogP contribution in [-0.2, 0) is 0 Å². The Morgan fingerprint density at radius 2 is 2.00 bits per heavy atom. The lowest BCUT2D eigenvalue weighted by atomic mass is 10.2. The molecule has 0 aromatic carbocycles. The third-order valence-corrected chi connectivity index (χ3v) is 2.82. The number of nitrogens with zero attached hydrogens (tertiary/aromatic N) is 2. The maximum Gasteiger partial charge on any atom is 0.159 e. The molecule has 0 amide bonds. The van der Waals surface area contributed by atoms with Crippen LogP contribution in [0, 0.1) is 0 Å². The Morgan fingerprint density at radius 1 is 1.25 bits per heavy atom. The van der Waals surface area contributed by atoms with Crippen molar-refractivity contribution in [2.45, 2.75) is 0 Å². The van der Waals surface area contributed by atoms with Crippen molar-refractivity contribution in [2.75, 3.05) is 0 Å². The molecule has 0 fully saturated rings. The van der Waals surface area contributed by atoms with E-state index in [1.165, 1.54) is 0 Å². The predicted molar refractivity (Wildman–Crippen MR) is 53.0 cm³/mol. The lowest BCUT2D eigenvalue weighted by Gasteiger charge is -1.92. The van der Waals surface area contributed by atoms with Gasteiger partial charge in [-0.05, 0) is 28.1 Å². The van der Waals surface area contributed by atoms with Crippen LogP contribution in [-0.4, -0.2) is 9.97 Å². The van der Waals surface area contributed by atoms with Crippen LogP contribution in [0.15, 0.2) is 33.8 Å². The first kappa shape index (κ1) is 7.89. The average Bonchev–Trinajstić information content (AvgIpc) is 2.54. The molecule has 2 rings (SSSR count). The summed E-state index contributed by atoms with van der Waals surface area (Å²) in [6, 6.07) is 3.89. The highest BCUT2D eigenvalue weighted by Gasteiger charge is 2.00. The topological polar surface area (TPSA) is 25.8 Å². The van der Waals surface area contributed by atoms with Gasteiger partial charge < -0.3 is 0 Å². The molecule has 2 aromatic rings. The van der Waals surface area contributed by atoms with Gasteiger partial charge in [-0.15, -0.1) is 11.3 Å². The second-order valence-electron chi connectivity index (χ2n) is 2.22. The fourth-order valence-corrected chi connectivity index (χ4v) is 1.93. The quantitative estimate of drug-likeness (QED) is 0.767. The van der Waals surface area contributed by atoms with Crippen molar-refractivity contribution in [3.63, 3.8) is 0 Å². The van der Waals surface area contributed by atoms with Crippen molar-refractivity contribution in [1.29, 1.82) is 0 Å². The maximum atomic E-state index is 4.29. The van der Waals surface area contributed by atoms with Crippen molar-refractivity contribution in [1.82, 2.24) is 9.97 Å². The minimum Gasteiger partial charge on any atom is -0.265 e. The molecule has 12 heavy (non-hydrogen) atoms. The van der Waals surface area contributed by atoms with Gasteiger partial charge in [-0.3, -0.25) is 4.98 Å². The van der Waals surface area contributed by atoms with Gasteiger partial charge in [0.1, 0.15) is 0 Å². The summed E-state index contributed by atoms with van der Waals surface area (Å²) in [7, 11) is 0. The van der Waals surface area contributed by atoms with Crippen LogP contribution >= 0.6 is 27.3 Å². The van der Waals surface area contributed by atoms with E-state index in [1.807, 2.05) is 17.5 Å². The van der Waals surface area contributed by atoms with Crippen LogP contribution in [0.3, 0.4) is 0 Å². The average molecular weight is 241 g/mol. The molecular weight excluding hydrogens is 236 g/mol. The summed E-state index contributed by atoms with van der Waals surface area (Å²) in [5.74, 6) is 0. The normalized spacial score (nSPS) is 10.1. The SMILES string of the molecule is Brc1nc(-c2ccncc2)cs1. The fourth-order valence-electron chi connectivity index (χ4n) is 0.907. The first-order chi connectivity index (χ1) is 5.86. The molecule has 2 heterocycles. The summed E-state index contributed by atoms with van der Waals surface area (Å²) in [6.45, 7) is 0. The zero-order valence-electron chi connectivity index (χ0n) is 6.07. The standard InChI is InChI=1S/C8H5BrN2S/c9-8-11-7(5-12-8)6-1-3-10-4-2-6/h1-5H. The van der Waals surface area contributed by atoms with Crippen molar-refractivity contribution in [3.05, 3.63) is 33.8 Å². The first-order valence-corrected chi connectivity index (χ1v) is 5.05. The molecule has 4 heteroatoms. The van der Waals surface area contributed by atoms with Gasteiger partial charge in [0.05, 0.1) is 5.69 Å². The summed E-state index contributed by atoms with van der Waals surface area (Å²) in [5.41, 5.74) is 2.10. The van der Waals surface area contributed by atoms with Crippen LogP contribution < -0.4 is 0 Å². The van der Waals surface area contributed by atoms with Crippen LogP contribution in [0.25, 0.3) is 11.3 Å². The number of thiazole rings is 1. The van der Waals surface area contributed by atoms with E-state index in [9.17, 15) is 0 Å². The highest BCUT2D eigenvalue weighted by atomic mass is 79.9. The molecule has 0 saturated carbocycles. The third kappa shape index (κ3) is 1.54. The van der Waals surface area contributed by atoms with E-state index in [-0.39, 0.29) is 0 Å². The summed E-state index contributed by atoms with van der Waals surface area (Å²) in [5, 5.41) is 2.01. The number of aromatic nitrogens is 2. The Labute approximate surface area is 82.4 Å². The van der Waals surface area contributed by atoms with Gasteiger partial charge in [0, 0.05) is 23.3 Å². The number of hydrogen-bond acceptors (Lipinski definition) is 3. The largest absolute Gasteiger partial charge is 0.265 e. The Bertz CT molecular complexity index is 372. The lowest BCUT2D eigenvalue weighted by molar-refractivity contribution is 1.31. The van der Waals surface area contributed by atoms with Crippen LogP contribution in [0.2, 0.25) is 0 Å². The monoisotopic (exact) mass is 240 g/mol. The second kappa shape index (κ2) is 3.33. The van der Waals surface area contributed by atoms with Gasteiger partial charge in [0.25, 0.3) is 0 Å². The van der Waals surface area contributed by atoms with Crippen LogP contribution in [0.1, 0.15) is 0 Å². The van der Waals surface area contributed by atoms with E-state index in [0.717, 1.165) is 15.2 Å².